The average Bonchev–Trinajstić information content (AvgIpc) is 3.46. The molecule has 1 aliphatic heterocycles. The highest BCUT2D eigenvalue weighted by Crippen LogP contribution is 2.80. The first-order valence-electron chi connectivity index (χ1n) is 14.1. The molecule has 1 spiro atoms. The van der Waals surface area contributed by atoms with Gasteiger partial charge in [0.15, 0.2) is 17.1 Å². The fourth-order valence-corrected chi connectivity index (χ4v) is 8.11. The minimum absolute atomic E-state index is 0.132. The second-order valence-electron chi connectivity index (χ2n) is 11.8. The molecule has 1 N–H and O–H groups in total. The van der Waals surface area contributed by atoms with Crippen LogP contribution in [0, 0.1) is 23.7 Å². The van der Waals surface area contributed by atoms with Crippen molar-refractivity contribution < 1.29 is 9.59 Å². The molecule has 2 aliphatic carbocycles. The summed E-state index contributed by atoms with van der Waals surface area (Å²) < 4.78 is 0. The van der Waals surface area contributed by atoms with E-state index in [1.54, 1.807) is 12.1 Å². The third-order valence-corrected chi connectivity index (χ3v) is 9.41. The summed E-state index contributed by atoms with van der Waals surface area (Å²) in [4.78, 5) is 29.5. The van der Waals surface area contributed by atoms with E-state index >= 15 is 0 Å². The number of rotatable bonds is 4. The molecule has 1 saturated carbocycles. The third-order valence-electron chi connectivity index (χ3n) is 9.41. The smallest absolute Gasteiger partial charge is 0.192 e. The number of hydrogen-bond acceptors (Lipinski definition) is 3. The second kappa shape index (κ2) is 8.88. The maximum Gasteiger partial charge on any atom is 0.192 e. The highest BCUT2D eigenvalue weighted by molar-refractivity contribution is 6.35. The van der Waals surface area contributed by atoms with Crippen molar-refractivity contribution in [2.24, 2.45) is 11.8 Å². The zero-order chi connectivity index (χ0) is 27.5. The molecule has 4 atom stereocenters. The maximum atomic E-state index is 14.7. The molecular formula is C37H31NO2. The summed E-state index contributed by atoms with van der Waals surface area (Å²) in [7, 11) is 0. The highest BCUT2D eigenvalue weighted by atomic mass is 16.2. The molecule has 7 rings (SSSR count). The standard InChI is InChI=1S/C37H31NO2/c1-25(2)24-32-35(27-16-8-4-9-17-27)31(23-22-26-14-6-3-7-15-26)36(35,28-18-10-5-11-19-28)37(38-32)33(39)29-20-12-13-21-30(29)34(37)40/h3-21,25,31-32,38H,24H2,1-2H3/t31-,32-,35+,36+/m1/s1. The summed E-state index contributed by atoms with van der Waals surface area (Å²) in [6.45, 7) is 4.41. The van der Waals surface area contributed by atoms with Crippen LogP contribution in [0.4, 0.5) is 0 Å². The molecule has 0 radical (unpaired) electrons. The summed E-state index contributed by atoms with van der Waals surface area (Å²) in [5.74, 6) is 6.97. The van der Waals surface area contributed by atoms with Gasteiger partial charge in [0.2, 0.25) is 0 Å². The molecule has 3 heteroatoms. The van der Waals surface area contributed by atoms with Gasteiger partial charge < -0.3 is 0 Å². The lowest BCUT2D eigenvalue weighted by Gasteiger charge is -2.34. The highest BCUT2D eigenvalue weighted by Gasteiger charge is 2.94. The van der Waals surface area contributed by atoms with Crippen LogP contribution < -0.4 is 5.32 Å². The van der Waals surface area contributed by atoms with Crippen LogP contribution in [0.15, 0.2) is 115 Å². The van der Waals surface area contributed by atoms with Crippen molar-refractivity contribution in [2.45, 2.75) is 42.7 Å². The maximum absolute atomic E-state index is 14.7. The molecule has 0 amide bonds. The molecule has 0 bridgehead atoms. The Hall–Kier alpha value is -4.26. The molecule has 3 aliphatic rings. The predicted octanol–water partition coefficient (Wildman–Crippen LogP) is 6.38. The Morgan fingerprint density at radius 3 is 1.75 bits per heavy atom. The van der Waals surface area contributed by atoms with E-state index in [4.69, 9.17) is 0 Å². The zero-order valence-electron chi connectivity index (χ0n) is 22.7. The molecule has 2 fully saturated rings. The van der Waals surface area contributed by atoms with Crippen LogP contribution in [0.3, 0.4) is 0 Å². The van der Waals surface area contributed by atoms with E-state index in [1.165, 1.54) is 0 Å². The Balaban J connectivity index is 1.58. The van der Waals surface area contributed by atoms with E-state index in [0.717, 1.165) is 23.1 Å². The molecule has 4 aromatic carbocycles. The topological polar surface area (TPSA) is 46.2 Å². The van der Waals surface area contributed by atoms with Crippen LogP contribution in [0.5, 0.6) is 0 Å². The molecular weight excluding hydrogens is 490 g/mol. The second-order valence-corrected chi connectivity index (χ2v) is 11.8. The van der Waals surface area contributed by atoms with Crippen molar-refractivity contribution in [1.82, 2.24) is 5.32 Å². The average molecular weight is 522 g/mol. The number of hydrogen-bond donors (Lipinski definition) is 1. The van der Waals surface area contributed by atoms with Crippen molar-refractivity contribution in [1.29, 1.82) is 0 Å². The number of benzene rings is 4. The van der Waals surface area contributed by atoms with Gasteiger partial charge in [-0.1, -0.05) is 129 Å². The molecule has 4 aromatic rings. The SMILES string of the molecule is CC(C)C[C@H]1NC2(C(=O)c3ccccc3C2=O)[C@@]2(c3ccccc3)[C@H](C#Cc3ccccc3)[C@@]12c1ccccc1. The van der Waals surface area contributed by atoms with Crippen molar-refractivity contribution in [3.8, 4) is 11.8 Å². The minimum atomic E-state index is -1.44. The number of piperidine rings is 1. The number of fused-ring (bicyclic) bond motifs is 3. The Morgan fingerprint density at radius 1 is 0.700 bits per heavy atom. The first kappa shape index (κ1) is 24.8. The summed E-state index contributed by atoms with van der Waals surface area (Å²) in [6.07, 6.45) is 0.811. The summed E-state index contributed by atoms with van der Waals surface area (Å²) in [5.41, 5.74) is 1.15. The van der Waals surface area contributed by atoms with Gasteiger partial charge in [0.05, 0.1) is 5.41 Å². The lowest BCUT2D eigenvalue weighted by atomic mass is 9.68. The Labute approximate surface area is 235 Å². The van der Waals surface area contributed by atoms with E-state index in [1.807, 2.05) is 66.7 Å². The molecule has 40 heavy (non-hydrogen) atoms. The van der Waals surface area contributed by atoms with Gasteiger partial charge >= 0.3 is 0 Å². The fourth-order valence-electron chi connectivity index (χ4n) is 8.11. The summed E-state index contributed by atoms with van der Waals surface area (Å²) in [5, 5.41) is 3.78. The first-order chi connectivity index (χ1) is 19.5. The summed E-state index contributed by atoms with van der Waals surface area (Å²) >= 11 is 0. The van der Waals surface area contributed by atoms with E-state index in [0.29, 0.717) is 17.0 Å². The van der Waals surface area contributed by atoms with Gasteiger partial charge in [-0.3, -0.25) is 14.9 Å². The fraction of sp³-hybridized carbons (Fsp3) is 0.243. The lowest BCUT2D eigenvalue weighted by molar-refractivity contribution is 0.0716. The molecule has 1 saturated heterocycles. The first-order valence-corrected chi connectivity index (χ1v) is 14.1. The van der Waals surface area contributed by atoms with Gasteiger partial charge in [0.1, 0.15) is 0 Å². The van der Waals surface area contributed by atoms with Crippen LogP contribution in [0.1, 0.15) is 57.7 Å². The van der Waals surface area contributed by atoms with Crippen molar-refractivity contribution >= 4 is 11.6 Å². The Bertz CT molecular complexity index is 1650. The number of carbonyl (C=O) groups is 2. The minimum Gasteiger partial charge on any atom is -0.294 e. The van der Waals surface area contributed by atoms with Crippen molar-refractivity contribution in [2.75, 3.05) is 0 Å². The van der Waals surface area contributed by atoms with Crippen molar-refractivity contribution in [3.05, 3.63) is 143 Å². The van der Waals surface area contributed by atoms with Crippen LogP contribution in [0.25, 0.3) is 0 Å². The van der Waals surface area contributed by atoms with Gasteiger partial charge in [-0.2, -0.15) is 0 Å². The third kappa shape index (κ3) is 2.95. The van der Waals surface area contributed by atoms with Crippen LogP contribution in [-0.4, -0.2) is 23.1 Å². The Morgan fingerprint density at radius 2 is 1.20 bits per heavy atom. The van der Waals surface area contributed by atoms with Crippen molar-refractivity contribution in [3.63, 3.8) is 0 Å². The number of carbonyl (C=O) groups excluding carboxylic acids is 2. The Kier molecular flexibility index (Phi) is 5.50. The molecule has 3 nitrogen and oxygen atoms in total. The van der Waals surface area contributed by atoms with Gasteiger partial charge in [-0.05, 0) is 35.6 Å². The van der Waals surface area contributed by atoms with Crippen LogP contribution >= 0.6 is 0 Å². The molecule has 196 valence electrons. The van der Waals surface area contributed by atoms with E-state index in [2.05, 4.69) is 67.4 Å². The van der Waals surface area contributed by atoms with Crippen LogP contribution in [0.2, 0.25) is 0 Å². The summed E-state index contributed by atoms with van der Waals surface area (Å²) in [6, 6.07) is 37.8. The van der Waals surface area contributed by atoms with Crippen LogP contribution in [-0.2, 0) is 10.8 Å². The predicted molar refractivity (Wildman–Crippen MR) is 157 cm³/mol. The zero-order valence-corrected chi connectivity index (χ0v) is 22.7. The van der Waals surface area contributed by atoms with Gasteiger partial charge in [-0.15, -0.1) is 0 Å². The van der Waals surface area contributed by atoms with E-state index in [9.17, 15) is 9.59 Å². The van der Waals surface area contributed by atoms with E-state index in [-0.39, 0.29) is 23.5 Å². The molecule has 0 unspecified atom stereocenters. The number of Topliss-reactive ketones (excluding diaryl/α,β-unsaturated/α-hetero) is 2. The molecule has 0 aromatic heterocycles. The number of nitrogens with one attached hydrogen (secondary N) is 1. The van der Waals surface area contributed by atoms with Gasteiger partial charge in [0, 0.05) is 34.1 Å². The quantitative estimate of drug-likeness (QED) is 0.250. The largest absolute Gasteiger partial charge is 0.294 e. The van der Waals surface area contributed by atoms with E-state index < -0.39 is 16.4 Å². The normalized spacial score (nSPS) is 27.3. The van der Waals surface area contributed by atoms with Gasteiger partial charge in [0.25, 0.3) is 0 Å². The monoisotopic (exact) mass is 521 g/mol. The van der Waals surface area contributed by atoms with Gasteiger partial charge in [-0.25, -0.2) is 0 Å². The number of ketones is 2. The molecule has 1 heterocycles. The lowest BCUT2D eigenvalue weighted by Crippen LogP contribution is -2.62.